The molecular formula is C29H35N5O3. The first-order valence-corrected chi connectivity index (χ1v) is 13.0. The van der Waals surface area contributed by atoms with Crippen LogP contribution in [0, 0.1) is 6.92 Å². The van der Waals surface area contributed by atoms with E-state index in [0.717, 1.165) is 18.4 Å². The number of aryl methyl sites for hydroxylation is 2. The molecule has 2 aromatic carbocycles. The Morgan fingerprint density at radius 1 is 1.03 bits per heavy atom. The highest BCUT2D eigenvalue weighted by atomic mass is 16.2. The molecule has 1 aliphatic rings. The molecule has 0 saturated heterocycles. The third-order valence-corrected chi connectivity index (χ3v) is 6.65. The fourth-order valence-corrected chi connectivity index (χ4v) is 4.48. The van der Waals surface area contributed by atoms with Gasteiger partial charge in [0.25, 0.3) is 11.8 Å². The van der Waals surface area contributed by atoms with Crippen molar-refractivity contribution in [2.75, 3.05) is 26.2 Å². The summed E-state index contributed by atoms with van der Waals surface area (Å²) < 4.78 is 1.65. The van der Waals surface area contributed by atoms with E-state index < -0.39 is 0 Å². The van der Waals surface area contributed by atoms with Crippen molar-refractivity contribution in [1.82, 2.24) is 24.9 Å². The topological polar surface area (TPSA) is 87.5 Å². The number of nitrogens with zero attached hydrogens (tertiary/aromatic N) is 4. The maximum absolute atomic E-state index is 13.3. The quantitative estimate of drug-likeness (QED) is 0.461. The van der Waals surface area contributed by atoms with Crippen LogP contribution in [0.5, 0.6) is 0 Å². The molecule has 0 saturated carbocycles. The zero-order chi connectivity index (χ0) is 26.2. The lowest BCUT2D eigenvalue weighted by Crippen LogP contribution is -2.36. The highest BCUT2D eigenvalue weighted by Crippen LogP contribution is 2.18. The molecule has 0 atom stereocenters. The number of benzene rings is 2. The molecule has 4 rings (SSSR count). The molecule has 194 valence electrons. The van der Waals surface area contributed by atoms with Crippen molar-refractivity contribution in [3.05, 3.63) is 88.7 Å². The first-order chi connectivity index (χ1) is 17.9. The fraction of sp³-hybridized carbons (Fsp3) is 0.379. The second-order valence-corrected chi connectivity index (χ2v) is 9.42. The van der Waals surface area contributed by atoms with Crippen molar-refractivity contribution < 1.29 is 14.4 Å². The van der Waals surface area contributed by atoms with Gasteiger partial charge < -0.3 is 15.1 Å². The van der Waals surface area contributed by atoms with Crippen molar-refractivity contribution in [2.45, 2.75) is 46.2 Å². The van der Waals surface area contributed by atoms with Gasteiger partial charge in [0.2, 0.25) is 5.91 Å². The maximum atomic E-state index is 13.3. The number of aromatic nitrogens is 2. The van der Waals surface area contributed by atoms with Gasteiger partial charge in [-0.25, -0.2) is 0 Å². The smallest absolute Gasteiger partial charge is 0.274 e. The van der Waals surface area contributed by atoms with Crippen molar-refractivity contribution in [1.29, 1.82) is 0 Å². The Balaban J connectivity index is 1.34. The van der Waals surface area contributed by atoms with E-state index >= 15 is 0 Å². The first-order valence-electron chi connectivity index (χ1n) is 13.0. The lowest BCUT2D eigenvalue weighted by Gasteiger charge is -2.20. The van der Waals surface area contributed by atoms with Crippen molar-refractivity contribution >= 4 is 17.7 Å². The molecule has 0 unspecified atom stereocenters. The summed E-state index contributed by atoms with van der Waals surface area (Å²) in [5.41, 5.74) is 4.09. The van der Waals surface area contributed by atoms with E-state index in [1.807, 2.05) is 73.3 Å². The van der Waals surface area contributed by atoms with Gasteiger partial charge in [0.05, 0.1) is 0 Å². The average molecular weight is 502 g/mol. The van der Waals surface area contributed by atoms with Crippen LogP contribution in [0.3, 0.4) is 0 Å². The number of hydrogen-bond donors (Lipinski definition) is 1. The van der Waals surface area contributed by atoms with Crippen LogP contribution in [0.1, 0.15) is 57.4 Å². The number of nitrogens with one attached hydrogen (secondary N) is 1. The Labute approximate surface area is 218 Å². The van der Waals surface area contributed by atoms with Gasteiger partial charge in [0.15, 0.2) is 5.69 Å². The molecule has 3 aromatic rings. The third-order valence-electron chi connectivity index (χ3n) is 6.65. The van der Waals surface area contributed by atoms with Gasteiger partial charge in [0.1, 0.15) is 5.69 Å². The summed E-state index contributed by atoms with van der Waals surface area (Å²) in [6.45, 7) is 6.95. The molecule has 8 heteroatoms. The van der Waals surface area contributed by atoms with E-state index in [-0.39, 0.29) is 29.8 Å². The van der Waals surface area contributed by atoms with E-state index in [4.69, 9.17) is 0 Å². The molecule has 1 aromatic heterocycles. The minimum atomic E-state index is -0.266. The van der Waals surface area contributed by atoms with Crippen LogP contribution in [-0.4, -0.2) is 63.5 Å². The summed E-state index contributed by atoms with van der Waals surface area (Å²) in [4.78, 5) is 42.2. The Bertz CT molecular complexity index is 1220. The van der Waals surface area contributed by atoms with Crippen LogP contribution in [0.4, 0.5) is 0 Å². The average Bonchev–Trinajstić information content (AvgIpc) is 3.28. The predicted molar refractivity (Wildman–Crippen MR) is 142 cm³/mol. The largest absolute Gasteiger partial charge is 0.356 e. The van der Waals surface area contributed by atoms with Crippen molar-refractivity contribution in [2.24, 2.45) is 0 Å². The third kappa shape index (κ3) is 6.84. The number of amides is 3. The number of rotatable bonds is 10. The highest BCUT2D eigenvalue weighted by molar-refractivity contribution is 5.98. The van der Waals surface area contributed by atoms with Crippen LogP contribution in [0.15, 0.2) is 60.7 Å². The Morgan fingerprint density at radius 2 is 1.78 bits per heavy atom. The Hall–Kier alpha value is -3.94. The number of carbonyl (C=O) groups is 3. The van der Waals surface area contributed by atoms with Gasteiger partial charge in [-0.1, -0.05) is 60.2 Å². The van der Waals surface area contributed by atoms with E-state index in [2.05, 4.69) is 10.4 Å². The van der Waals surface area contributed by atoms with Gasteiger partial charge in [-0.05, 0) is 37.8 Å². The molecule has 0 radical (unpaired) electrons. The Kier molecular flexibility index (Phi) is 8.72. The lowest BCUT2D eigenvalue weighted by molar-refractivity contribution is -0.121. The standard InChI is InChI=1S/C29H35N5O3/c1-3-32(19-15-27(35)30-16-14-23-8-5-4-6-9-23)28(36)25-20-26-29(37)33(17-7-18-34(26)31-25)21-24-12-10-22(2)11-13-24/h4-6,8-13,20H,3,7,14-19,21H2,1-2H3,(H,30,35). The monoisotopic (exact) mass is 501 g/mol. The van der Waals surface area contributed by atoms with Gasteiger partial charge in [-0.2, -0.15) is 5.10 Å². The zero-order valence-electron chi connectivity index (χ0n) is 21.7. The maximum Gasteiger partial charge on any atom is 0.274 e. The summed E-state index contributed by atoms with van der Waals surface area (Å²) in [7, 11) is 0. The molecule has 2 heterocycles. The van der Waals surface area contributed by atoms with Crippen LogP contribution < -0.4 is 5.32 Å². The summed E-state index contributed by atoms with van der Waals surface area (Å²) >= 11 is 0. The van der Waals surface area contributed by atoms with Gasteiger partial charge in [0, 0.05) is 51.8 Å². The predicted octanol–water partition coefficient (Wildman–Crippen LogP) is 3.45. The van der Waals surface area contributed by atoms with Gasteiger partial charge >= 0.3 is 0 Å². The van der Waals surface area contributed by atoms with Crippen LogP contribution in [-0.2, 0) is 24.3 Å². The minimum absolute atomic E-state index is 0.0928. The summed E-state index contributed by atoms with van der Waals surface area (Å²) in [5.74, 6) is -0.478. The molecule has 1 N–H and O–H groups in total. The first kappa shape index (κ1) is 26.1. The molecule has 1 aliphatic heterocycles. The molecule has 0 fully saturated rings. The second kappa shape index (κ2) is 12.3. The fourth-order valence-electron chi connectivity index (χ4n) is 4.48. The molecule has 0 spiro atoms. The number of hydrogen-bond acceptors (Lipinski definition) is 4. The molecule has 0 bridgehead atoms. The lowest BCUT2D eigenvalue weighted by atomic mass is 10.1. The normalized spacial score (nSPS) is 13.1. The van der Waals surface area contributed by atoms with Crippen LogP contribution in [0.25, 0.3) is 0 Å². The van der Waals surface area contributed by atoms with Crippen molar-refractivity contribution in [3.8, 4) is 0 Å². The van der Waals surface area contributed by atoms with Crippen LogP contribution in [0.2, 0.25) is 0 Å². The zero-order valence-corrected chi connectivity index (χ0v) is 21.7. The molecule has 8 nitrogen and oxygen atoms in total. The number of carbonyl (C=O) groups excluding carboxylic acids is 3. The SMILES string of the molecule is CCN(CCC(=O)NCCc1ccccc1)C(=O)c1cc2n(n1)CCCN(Cc1ccc(C)cc1)C2=O. The van der Waals surface area contributed by atoms with Gasteiger partial charge in [-0.15, -0.1) is 0 Å². The van der Waals surface area contributed by atoms with Crippen molar-refractivity contribution in [3.63, 3.8) is 0 Å². The molecule has 3 amide bonds. The summed E-state index contributed by atoms with van der Waals surface area (Å²) in [5, 5.41) is 7.39. The second-order valence-electron chi connectivity index (χ2n) is 9.42. The summed E-state index contributed by atoms with van der Waals surface area (Å²) in [6, 6.07) is 19.7. The molecule has 37 heavy (non-hydrogen) atoms. The van der Waals surface area contributed by atoms with E-state index in [0.29, 0.717) is 45.0 Å². The number of fused-ring (bicyclic) bond motifs is 1. The van der Waals surface area contributed by atoms with E-state index in [9.17, 15) is 14.4 Å². The molecular weight excluding hydrogens is 466 g/mol. The van der Waals surface area contributed by atoms with E-state index in [1.54, 1.807) is 15.6 Å². The Morgan fingerprint density at radius 3 is 2.51 bits per heavy atom. The minimum Gasteiger partial charge on any atom is -0.356 e. The van der Waals surface area contributed by atoms with Gasteiger partial charge in [-0.3, -0.25) is 19.1 Å². The molecule has 0 aliphatic carbocycles. The highest BCUT2D eigenvalue weighted by Gasteiger charge is 2.27. The van der Waals surface area contributed by atoms with Crippen LogP contribution >= 0.6 is 0 Å². The van der Waals surface area contributed by atoms with E-state index in [1.165, 1.54) is 11.1 Å². The summed E-state index contributed by atoms with van der Waals surface area (Å²) in [6.07, 6.45) is 1.74.